The highest BCUT2D eigenvalue weighted by Gasteiger charge is 2.29. The van der Waals surface area contributed by atoms with Gasteiger partial charge in [-0.15, -0.1) is 0 Å². The molecule has 26 heavy (non-hydrogen) atoms. The van der Waals surface area contributed by atoms with Crippen molar-refractivity contribution in [2.45, 2.75) is 24.3 Å². The van der Waals surface area contributed by atoms with Gasteiger partial charge < -0.3 is 5.32 Å². The van der Waals surface area contributed by atoms with Crippen LogP contribution in [0.4, 0.5) is 0 Å². The standard InChI is InChI=1S/C18H18ClN3O3S/c1-12(13-5-4-6-14(19)11-13)21-17(23)9-10-20-18-15-7-2-3-8-16(15)26(24,25)22-18/h2-8,11-12H,9-10H2,1H3,(H,20,22)(H,21,23). The Bertz CT molecular complexity index is 973. The van der Waals surface area contributed by atoms with Gasteiger partial charge in [0.15, 0.2) is 0 Å². The Morgan fingerprint density at radius 1 is 1.23 bits per heavy atom. The van der Waals surface area contributed by atoms with Crippen LogP contribution in [-0.2, 0) is 14.8 Å². The lowest BCUT2D eigenvalue weighted by Crippen LogP contribution is -2.27. The van der Waals surface area contributed by atoms with Crippen molar-refractivity contribution in [2.75, 3.05) is 6.54 Å². The zero-order valence-electron chi connectivity index (χ0n) is 14.1. The number of amidine groups is 1. The van der Waals surface area contributed by atoms with Gasteiger partial charge in [0.2, 0.25) is 5.91 Å². The third-order valence-corrected chi connectivity index (χ3v) is 5.63. The highest BCUT2D eigenvalue weighted by molar-refractivity contribution is 7.90. The van der Waals surface area contributed by atoms with E-state index >= 15 is 0 Å². The van der Waals surface area contributed by atoms with Crippen molar-refractivity contribution in [3.05, 3.63) is 64.7 Å². The minimum Gasteiger partial charge on any atom is -0.350 e. The average Bonchev–Trinajstić information content (AvgIpc) is 2.86. The summed E-state index contributed by atoms with van der Waals surface area (Å²) < 4.78 is 26.4. The number of carbonyl (C=O) groups is 1. The number of nitrogens with one attached hydrogen (secondary N) is 2. The zero-order chi connectivity index (χ0) is 18.7. The summed E-state index contributed by atoms with van der Waals surface area (Å²) >= 11 is 5.96. The third-order valence-electron chi connectivity index (χ3n) is 4.00. The fourth-order valence-electron chi connectivity index (χ4n) is 2.69. The first-order chi connectivity index (χ1) is 12.4. The molecule has 1 heterocycles. The minimum absolute atomic E-state index is 0.151. The van der Waals surface area contributed by atoms with Gasteiger partial charge in [-0.1, -0.05) is 35.9 Å². The van der Waals surface area contributed by atoms with Crippen molar-refractivity contribution in [1.29, 1.82) is 0 Å². The number of hydrogen-bond acceptors (Lipinski definition) is 4. The van der Waals surface area contributed by atoms with Gasteiger partial charge in [-0.25, -0.2) is 8.42 Å². The molecule has 1 atom stereocenters. The summed E-state index contributed by atoms with van der Waals surface area (Å²) in [4.78, 5) is 16.6. The van der Waals surface area contributed by atoms with E-state index in [9.17, 15) is 13.2 Å². The predicted octanol–water partition coefficient (Wildman–Crippen LogP) is 2.65. The summed E-state index contributed by atoms with van der Waals surface area (Å²) in [6, 6.07) is 13.7. The summed E-state index contributed by atoms with van der Waals surface area (Å²) in [5.74, 6) is 0.104. The Morgan fingerprint density at radius 2 is 2.00 bits per heavy atom. The normalized spacial score (nSPS) is 17.4. The molecule has 8 heteroatoms. The number of halogens is 1. The van der Waals surface area contributed by atoms with Crippen molar-refractivity contribution >= 4 is 33.4 Å². The molecule has 3 rings (SSSR count). The first-order valence-electron chi connectivity index (χ1n) is 8.08. The SMILES string of the molecule is CC(NC(=O)CCN=C1NS(=O)(=O)c2ccccc21)c1cccc(Cl)c1. The van der Waals surface area contributed by atoms with E-state index in [4.69, 9.17) is 11.6 Å². The molecule has 136 valence electrons. The molecule has 0 saturated carbocycles. The van der Waals surface area contributed by atoms with E-state index in [-0.39, 0.29) is 35.6 Å². The highest BCUT2D eigenvalue weighted by atomic mass is 35.5. The molecule has 0 fully saturated rings. The fourth-order valence-corrected chi connectivity index (χ4v) is 4.14. The van der Waals surface area contributed by atoms with E-state index in [1.807, 2.05) is 19.1 Å². The van der Waals surface area contributed by atoms with Crippen LogP contribution in [0.15, 0.2) is 58.4 Å². The number of carbonyl (C=O) groups excluding carboxylic acids is 1. The maximum absolute atomic E-state index is 12.1. The van der Waals surface area contributed by atoms with Crippen LogP contribution in [0.1, 0.15) is 30.5 Å². The van der Waals surface area contributed by atoms with Gasteiger partial charge in [-0.05, 0) is 36.8 Å². The Kier molecular flexibility index (Phi) is 5.29. The van der Waals surface area contributed by atoms with Crippen molar-refractivity contribution in [2.24, 2.45) is 4.99 Å². The van der Waals surface area contributed by atoms with Crippen molar-refractivity contribution in [3.63, 3.8) is 0 Å². The maximum atomic E-state index is 12.1. The predicted molar refractivity (Wildman–Crippen MR) is 101 cm³/mol. The van der Waals surface area contributed by atoms with Crippen molar-refractivity contribution in [3.8, 4) is 0 Å². The summed E-state index contributed by atoms with van der Waals surface area (Å²) in [7, 11) is -3.56. The van der Waals surface area contributed by atoms with Crippen LogP contribution < -0.4 is 10.0 Å². The van der Waals surface area contributed by atoms with E-state index in [0.29, 0.717) is 10.6 Å². The average molecular weight is 392 g/mol. The van der Waals surface area contributed by atoms with Crippen LogP contribution in [-0.4, -0.2) is 26.7 Å². The van der Waals surface area contributed by atoms with Gasteiger partial charge in [0.25, 0.3) is 10.0 Å². The number of amides is 1. The molecule has 6 nitrogen and oxygen atoms in total. The Morgan fingerprint density at radius 3 is 2.77 bits per heavy atom. The third kappa shape index (κ3) is 4.05. The lowest BCUT2D eigenvalue weighted by Gasteiger charge is -2.14. The molecule has 0 saturated heterocycles. The van der Waals surface area contributed by atoms with E-state index in [2.05, 4.69) is 15.0 Å². The first-order valence-corrected chi connectivity index (χ1v) is 9.94. The molecule has 1 aliphatic rings. The molecule has 2 N–H and O–H groups in total. The van der Waals surface area contributed by atoms with E-state index in [1.165, 1.54) is 6.07 Å². The van der Waals surface area contributed by atoms with Crippen molar-refractivity contribution in [1.82, 2.24) is 10.0 Å². The molecule has 0 bridgehead atoms. The zero-order valence-corrected chi connectivity index (χ0v) is 15.6. The van der Waals surface area contributed by atoms with Gasteiger partial charge in [0.05, 0.1) is 17.5 Å². The summed E-state index contributed by atoms with van der Waals surface area (Å²) in [5, 5.41) is 3.49. The number of sulfonamides is 1. The van der Waals surface area contributed by atoms with Gasteiger partial charge in [-0.3, -0.25) is 14.5 Å². The summed E-state index contributed by atoms with van der Waals surface area (Å²) in [5.41, 5.74) is 1.44. The largest absolute Gasteiger partial charge is 0.350 e. The fraction of sp³-hybridized carbons (Fsp3) is 0.222. The molecule has 0 aliphatic carbocycles. The molecular weight excluding hydrogens is 374 g/mol. The van der Waals surface area contributed by atoms with E-state index in [1.54, 1.807) is 30.3 Å². The molecular formula is C18H18ClN3O3S. The second-order valence-corrected chi connectivity index (χ2v) is 8.01. The summed E-state index contributed by atoms with van der Waals surface area (Å²) in [6.45, 7) is 2.05. The maximum Gasteiger partial charge on any atom is 0.263 e. The lowest BCUT2D eigenvalue weighted by molar-refractivity contribution is -0.121. The number of aliphatic imine (C=N–C) groups is 1. The number of benzene rings is 2. The molecule has 1 aliphatic heterocycles. The number of nitrogens with zero attached hydrogens (tertiary/aromatic N) is 1. The van der Waals surface area contributed by atoms with E-state index < -0.39 is 10.0 Å². The van der Waals surface area contributed by atoms with Crippen LogP contribution in [0.5, 0.6) is 0 Å². The number of fused-ring (bicyclic) bond motifs is 1. The first kappa shape index (κ1) is 18.4. The molecule has 2 aromatic carbocycles. The molecule has 1 amide bonds. The van der Waals surface area contributed by atoms with Crippen LogP contribution in [0.25, 0.3) is 0 Å². The van der Waals surface area contributed by atoms with Gasteiger partial charge in [0.1, 0.15) is 5.84 Å². The second-order valence-electron chi connectivity index (χ2n) is 5.93. The number of hydrogen-bond donors (Lipinski definition) is 2. The topological polar surface area (TPSA) is 87.6 Å². The summed E-state index contributed by atoms with van der Waals surface area (Å²) in [6.07, 6.45) is 0.151. The molecule has 0 aromatic heterocycles. The number of rotatable bonds is 5. The Labute approximate surface area is 157 Å². The minimum atomic E-state index is -3.56. The van der Waals surface area contributed by atoms with Gasteiger partial charge in [-0.2, -0.15) is 0 Å². The molecule has 0 radical (unpaired) electrons. The van der Waals surface area contributed by atoms with Crippen molar-refractivity contribution < 1.29 is 13.2 Å². The quantitative estimate of drug-likeness (QED) is 0.821. The highest BCUT2D eigenvalue weighted by Crippen LogP contribution is 2.22. The molecule has 0 spiro atoms. The lowest BCUT2D eigenvalue weighted by atomic mass is 10.1. The van der Waals surface area contributed by atoms with Crippen LogP contribution >= 0.6 is 11.6 Å². The van der Waals surface area contributed by atoms with Crippen LogP contribution in [0.3, 0.4) is 0 Å². The molecule has 2 aromatic rings. The smallest absolute Gasteiger partial charge is 0.263 e. The van der Waals surface area contributed by atoms with Gasteiger partial charge in [0, 0.05) is 17.0 Å². The second kappa shape index (κ2) is 7.47. The Balaban J connectivity index is 1.60. The monoisotopic (exact) mass is 391 g/mol. The Hall–Kier alpha value is -2.38. The van der Waals surface area contributed by atoms with Crippen LogP contribution in [0, 0.1) is 0 Å². The van der Waals surface area contributed by atoms with Crippen LogP contribution in [0.2, 0.25) is 5.02 Å². The van der Waals surface area contributed by atoms with Gasteiger partial charge >= 0.3 is 0 Å². The molecule has 1 unspecified atom stereocenters. The van der Waals surface area contributed by atoms with E-state index in [0.717, 1.165) is 5.56 Å².